The lowest BCUT2D eigenvalue weighted by Gasteiger charge is -2.06. The van der Waals surface area contributed by atoms with Crippen molar-refractivity contribution in [3.05, 3.63) is 121 Å². The average molecular weight is 915 g/mol. The van der Waals surface area contributed by atoms with Crippen LogP contribution in [-0.2, 0) is 13.1 Å². The highest BCUT2D eigenvalue weighted by molar-refractivity contribution is 8.76. The molecule has 0 amide bonds. The second-order valence-corrected chi connectivity index (χ2v) is 19.4. The zero-order valence-corrected chi connectivity index (χ0v) is 41.7. The molecule has 0 fully saturated rings. The second-order valence-electron chi connectivity index (χ2n) is 17.2. The van der Waals surface area contributed by atoms with E-state index in [4.69, 9.17) is 10.2 Å². The first kappa shape index (κ1) is 56.5. The maximum absolute atomic E-state index is 11.1. The van der Waals surface area contributed by atoms with Gasteiger partial charge in [-0.3, -0.25) is 0 Å². The first-order valence-electron chi connectivity index (χ1n) is 25.3. The summed E-state index contributed by atoms with van der Waals surface area (Å²) in [6, 6.07) is 25.9. The van der Waals surface area contributed by atoms with Crippen LogP contribution < -0.4 is 9.13 Å². The fourth-order valence-electron chi connectivity index (χ4n) is 7.67. The van der Waals surface area contributed by atoms with Gasteiger partial charge in [0.15, 0.2) is 24.8 Å². The summed E-state index contributed by atoms with van der Waals surface area (Å²) in [6.07, 6.45) is 48.8. The molecule has 8 heteroatoms. The molecule has 2 N–H and O–H groups in total. The van der Waals surface area contributed by atoms with E-state index >= 15 is 0 Å². The second kappa shape index (κ2) is 40.9. The van der Waals surface area contributed by atoms with E-state index < -0.39 is 11.9 Å². The molecule has 0 saturated carbocycles. The quantitative estimate of drug-likeness (QED) is 0.0272. The van der Waals surface area contributed by atoms with Crippen molar-refractivity contribution < 1.29 is 28.9 Å². The van der Waals surface area contributed by atoms with Crippen LogP contribution in [0.3, 0.4) is 0 Å². The largest absolute Gasteiger partial charge is 0.478 e. The minimum absolute atomic E-state index is 0.206. The Balaban J connectivity index is 0.000000330. The van der Waals surface area contributed by atoms with Gasteiger partial charge in [-0.2, -0.15) is 0 Å². The van der Waals surface area contributed by atoms with Crippen molar-refractivity contribution in [3.63, 3.8) is 0 Å². The van der Waals surface area contributed by atoms with Crippen LogP contribution in [0.25, 0.3) is 0 Å². The minimum Gasteiger partial charge on any atom is -0.478 e. The van der Waals surface area contributed by atoms with Gasteiger partial charge in [0.25, 0.3) is 0 Å². The van der Waals surface area contributed by atoms with Crippen LogP contribution in [0.5, 0.6) is 0 Å². The molecule has 2 aromatic carbocycles. The van der Waals surface area contributed by atoms with E-state index in [0.29, 0.717) is 9.79 Å². The van der Waals surface area contributed by atoms with Crippen molar-refractivity contribution in [1.29, 1.82) is 0 Å². The third kappa shape index (κ3) is 30.5. The van der Waals surface area contributed by atoms with Gasteiger partial charge in [0.05, 0.1) is 11.1 Å². The summed E-state index contributed by atoms with van der Waals surface area (Å²) >= 11 is 0. The number of pyridine rings is 2. The number of carboxylic acids is 2. The molecule has 4 rings (SSSR count). The number of rotatable bonds is 35. The molecule has 0 unspecified atom stereocenters. The van der Waals surface area contributed by atoms with Gasteiger partial charge in [0.1, 0.15) is 13.1 Å². The maximum atomic E-state index is 11.1. The van der Waals surface area contributed by atoms with Crippen LogP contribution in [0.2, 0.25) is 0 Å². The zero-order chi connectivity index (χ0) is 46.0. The Hall–Kier alpha value is -3.62. The molecule has 0 bridgehead atoms. The van der Waals surface area contributed by atoms with Crippen molar-refractivity contribution in [1.82, 2.24) is 0 Å². The van der Waals surface area contributed by atoms with Gasteiger partial charge in [-0.25, -0.2) is 18.7 Å². The Morgan fingerprint density at radius 1 is 0.359 bits per heavy atom. The number of benzene rings is 2. The monoisotopic (exact) mass is 915 g/mol. The summed E-state index contributed by atoms with van der Waals surface area (Å²) in [5.74, 6) is -2.00. The first-order chi connectivity index (χ1) is 31.5. The molecule has 0 saturated heterocycles. The number of unbranched alkanes of at least 4 members (excludes halogenated alkanes) is 26. The number of nitrogens with zero attached hydrogens (tertiary/aromatic N) is 2. The van der Waals surface area contributed by atoms with Gasteiger partial charge in [-0.05, 0) is 37.1 Å². The van der Waals surface area contributed by atoms with Crippen LogP contribution >= 0.6 is 21.6 Å². The van der Waals surface area contributed by atoms with Crippen LogP contribution in [-0.4, -0.2) is 22.2 Å². The molecule has 0 radical (unpaired) electrons. The highest BCUT2D eigenvalue weighted by Gasteiger charge is 2.13. The Kier molecular flexibility index (Phi) is 36.1. The Morgan fingerprint density at radius 2 is 0.609 bits per heavy atom. The van der Waals surface area contributed by atoms with E-state index in [-0.39, 0.29) is 11.1 Å². The topological polar surface area (TPSA) is 82.4 Å². The number of carboxylic acid groups (broad SMARTS) is 2. The molecular formula is C56H86N2O4S2+2. The molecule has 64 heavy (non-hydrogen) atoms. The van der Waals surface area contributed by atoms with Gasteiger partial charge >= 0.3 is 11.9 Å². The van der Waals surface area contributed by atoms with Gasteiger partial charge in [-0.15, -0.1) is 0 Å². The molecule has 4 aromatic rings. The average Bonchev–Trinajstić information content (AvgIpc) is 3.32. The molecule has 0 aliphatic heterocycles. The van der Waals surface area contributed by atoms with E-state index in [2.05, 4.69) is 84.2 Å². The lowest BCUT2D eigenvalue weighted by molar-refractivity contribution is -0.697. The van der Waals surface area contributed by atoms with E-state index in [1.807, 2.05) is 0 Å². The number of aromatic carboxylic acids is 2. The normalized spacial score (nSPS) is 10.7. The number of aromatic nitrogens is 2. The number of hydrogen-bond donors (Lipinski definition) is 2. The molecule has 0 atom stereocenters. The SMILES string of the molecule is CCCCCCCCCCCCCCCC[n+]1ccccc1.CCCCCCCCCCCCCCCC[n+]1ccccc1.O=C(O)c1ccccc1SSc1ccccc1C(=O)O. The molecule has 0 spiro atoms. The van der Waals surface area contributed by atoms with E-state index in [1.165, 1.54) is 227 Å². The first-order valence-corrected chi connectivity index (χ1v) is 27.5. The molecule has 0 aliphatic carbocycles. The Labute approximate surface area is 397 Å². The summed E-state index contributed by atoms with van der Waals surface area (Å²) < 4.78 is 4.58. The Morgan fingerprint density at radius 3 is 0.875 bits per heavy atom. The van der Waals surface area contributed by atoms with Crippen LogP contribution in [0.4, 0.5) is 0 Å². The van der Waals surface area contributed by atoms with Crippen LogP contribution in [0.15, 0.2) is 120 Å². The molecular weight excluding hydrogens is 829 g/mol. The van der Waals surface area contributed by atoms with Gasteiger partial charge < -0.3 is 10.2 Å². The van der Waals surface area contributed by atoms with Crippen LogP contribution in [0, 0.1) is 0 Å². The van der Waals surface area contributed by atoms with E-state index in [9.17, 15) is 9.59 Å². The predicted octanol–water partition coefficient (Wildman–Crippen LogP) is 16.8. The van der Waals surface area contributed by atoms with E-state index in [1.54, 1.807) is 36.4 Å². The lowest BCUT2D eigenvalue weighted by Crippen LogP contribution is -2.32. The van der Waals surface area contributed by atoms with Crippen molar-refractivity contribution in [2.24, 2.45) is 0 Å². The van der Waals surface area contributed by atoms with Crippen molar-refractivity contribution in [2.45, 2.75) is 217 Å². The molecule has 2 aromatic heterocycles. The van der Waals surface area contributed by atoms with Gasteiger partial charge in [0, 0.05) is 46.9 Å². The fraction of sp³-hybridized carbons (Fsp3) is 0.571. The summed E-state index contributed by atoms with van der Waals surface area (Å²) in [7, 11) is 2.47. The van der Waals surface area contributed by atoms with Crippen molar-refractivity contribution in [2.75, 3.05) is 0 Å². The predicted molar refractivity (Wildman–Crippen MR) is 272 cm³/mol. The highest BCUT2D eigenvalue weighted by Crippen LogP contribution is 2.40. The molecule has 354 valence electrons. The van der Waals surface area contributed by atoms with E-state index in [0.717, 1.165) is 0 Å². The zero-order valence-electron chi connectivity index (χ0n) is 40.0. The van der Waals surface area contributed by atoms with Crippen LogP contribution in [0.1, 0.15) is 214 Å². The third-order valence-corrected chi connectivity index (χ3v) is 14.0. The molecule has 2 heterocycles. The third-order valence-electron chi connectivity index (χ3n) is 11.6. The van der Waals surface area contributed by atoms with Crippen molar-refractivity contribution >= 4 is 33.5 Å². The molecule has 6 nitrogen and oxygen atoms in total. The standard InChI is InChI=1S/2C21H38N.C14H10O4S2/c2*1-2-3-4-5-6-7-8-9-10-11-12-13-14-16-19-22-20-17-15-18-21-22;15-13(16)9-5-1-3-7-11(9)19-20-12-8-4-2-6-10(12)14(17)18/h2*15,17-18,20-21H,2-14,16,19H2,1H3;1-8H,(H,15,16)(H,17,18)/q2*+1;. The number of aryl methyl sites for hydroxylation is 2. The number of carbonyl (C=O) groups is 2. The summed E-state index contributed by atoms with van der Waals surface area (Å²) in [5, 5.41) is 18.2. The smallest absolute Gasteiger partial charge is 0.336 e. The van der Waals surface area contributed by atoms with Gasteiger partial charge in [0.2, 0.25) is 0 Å². The lowest BCUT2D eigenvalue weighted by atomic mass is 10.0. The summed E-state index contributed by atoms with van der Waals surface area (Å²) in [5.41, 5.74) is 0.413. The number of hydrogen-bond acceptors (Lipinski definition) is 4. The minimum atomic E-state index is -1.000. The Bertz CT molecular complexity index is 1570. The summed E-state index contributed by atoms with van der Waals surface area (Å²) in [4.78, 5) is 23.4. The highest BCUT2D eigenvalue weighted by atomic mass is 33.1. The molecule has 0 aliphatic rings. The maximum Gasteiger partial charge on any atom is 0.336 e. The summed E-state index contributed by atoms with van der Waals surface area (Å²) in [6.45, 7) is 6.94. The fourth-order valence-corrected chi connectivity index (χ4v) is 10.0. The van der Waals surface area contributed by atoms with Crippen molar-refractivity contribution in [3.8, 4) is 0 Å². The van der Waals surface area contributed by atoms with Gasteiger partial charge in [-0.1, -0.05) is 226 Å².